The van der Waals surface area contributed by atoms with Crippen molar-refractivity contribution in [1.82, 2.24) is 4.98 Å². The molecule has 0 bridgehead atoms. The fraction of sp³-hybridized carbons (Fsp3) is 0.556. The molecule has 1 N–H and O–H groups in total. The highest BCUT2D eigenvalue weighted by molar-refractivity contribution is 5.67. The van der Waals surface area contributed by atoms with E-state index in [1.165, 1.54) is 6.26 Å². The van der Waals surface area contributed by atoms with Crippen LogP contribution >= 0.6 is 0 Å². The van der Waals surface area contributed by atoms with Crippen LogP contribution in [-0.2, 0) is 11.2 Å². The van der Waals surface area contributed by atoms with E-state index in [1.54, 1.807) is 6.20 Å². The molecule has 4 nitrogen and oxygen atoms in total. The quantitative estimate of drug-likeness (QED) is 0.771. The summed E-state index contributed by atoms with van der Waals surface area (Å²) in [5, 5.41) is 8.63. The second-order valence-electron chi connectivity index (χ2n) is 3.84. The first-order valence-corrected chi connectivity index (χ1v) is 4.10. The van der Waals surface area contributed by atoms with Crippen LogP contribution in [0, 0.1) is 5.41 Å². The first kappa shape index (κ1) is 9.77. The van der Waals surface area contributed by atoms with Crippen LogP contribution < -0.4 is 0 Å². The molecular weight excluding hydrogens is 170 g/mol. The van der Waals surface area contributed by atoms with Crippen LogP contribution in [0.5, 0.6) is 0 Å². The summed E-state index contributed by atoms with van der Waals surface area (Å²) in [7, 11) is 0. The lowest BCUT2D eigenvalue weighted by Gasteiger charge is -2.19. The minimum absolute atomic E-state index is 0.120. The van der Waals surface area contributed by atoms with E-state index in [9.17, 15) is 4.79 Å². The van der Waals surface area contributed by atoms with Crippen LogP contribution in [0.4, 0.5) is 0 Å². The van der Waals surface area contributed by atoms with Crippen molar-refractivity contribution in [3.8, 4) is 0 Å². The molecule has 0 radical (unpaired) electrons. The van der Waals surface area contributed by atoms with E-state index in [-0.39, 0.29) is 11.8 Å². The normalized spacial score (nSPS) is 11.5. The number of carboxylic acid groups (broad SMARTS) is 1. The SMILES string of the molecule is CC(C)(CC(=O)O)Cc1ncco1. The number of aliphatic carboxylic acids is 1. The Hall–Kier alpha value is -1.32. The van der Waals surface area contributed by atoms with Crippen molar-refractivity contribution < 1.29 is 14.3 Å². The van der Waals surface area contributed by atoms with Crippen molar-refractivity contribution in [3.63, 3.8) is 0 Å². The van der Waals surface area contributed by atoms with Gasteiger partial charge in [-0.25, -0.2) is 4.98 Å². The third-order valence-corrected chi connectivity index (χ3v) is 1.74. The van der Waals surface area contributed by atoms with Gasteiger partial charge in [-0.2, -0.15) is 0 Å². The zero-order chi connectivity index (χ0) is 9.90. The summed E-state index contributed by atoms with van der Waals surface area (Å²) in [5.41, 5.74) is -0.309. The number of carboxylic acids is 1. The molecule has 0 unspecified atom stereocenters. The maximum absolute atomic E-state index is 10.5. The van der Waals surface area contributed by atoms with Gasteiger partial charge < -0.3 is 9.52 Å². The van der Waals surface area contributed by atoms with Gasteiger partial charge in [-0.3, -0.25) is 4.79 Å². The van der Waals surface area contributed by atoms with E-state index >= 15 is 0 Å². The smallest absolute Gasteiger partial charge is 0.303 e. The minimum Gasteiger partial charge on any atom is -0.481 e. The molecule has 0 saturated heterocycles. The third kappa shape index (κ3) is 3.27. The van der Waals surface area contributed by atoms with Crippen molar-refractivity contribution >= 4 is 5.97 Å². The summed E-state index contributed by atoms with van der Waals surface area (Å²) in [4.78, 5) is 14.4. The molecule has 4 heteroatoms. The maximum atomic E-state index is 10.5. The number of hydrogen-bond acceptors (Lipinski definition) is 3. The summed E-state index contributed by atoms with van der Waals surface area (Å²) >= 11 is 0. The van der Waals surface area contributed by atoms with E-state index in [2.05, 4.69) is 4.98 Å². The lowest BCUT2D eigenvalue weighted by atomic mass is 9.86. The molecule has 0 fully saturated rings. The predicted molar refractivity (Wildman–Crippen MR) is 46.2 cm³/mol. The first-order valence-electron chi connectivity index (χ1n) is 4.10. The van der Waals surface area contributed by atoms with Gasteiger partial charge in [-0.05, 0) is 5.41 Å². The van der Waals surface area contributed by atoms with E-state index in [0.717, 1.165) is 0 Å². The molecule has 72 valence electrons. The highest BCUT2D eigenvalue weighted by Gasteiger charge is 2.23. The van der Waals surface area contributed by atoms with E-state index in [0.29, 0.717) is 12.3 Å². The molecule has 0 aliphatic heterocycles. The van der Waals surface area contributed by atoms with Gasteiger partial charge in [0.1, 0.15) is 6.26 Å². The zero-order valence-electron chi connectivity index (χ0n) is 7.78. The molecule has 1 rings (SSSR count). The third-order valence-electron chi connectivity index (χ3n) is 1.74. The number of hydrogen-bond donors (Lipinski definition) is 1. The fourth-order valence-electron chi connectivity index (χ4n) is 1.22. The number of carbonyl (C=O) groups is 1. The highest BCUT2D eigenvalue weighted by atomic mass is 16.4. The standard InChI is InChI=1S/C9H13NO3/c1-9(2,6-8(11)12)5-7-10-3-4-13-7/h3-4H,5-6H2,1-2H3,(H,11,12). The van der Waals surface area contributed by atoms with Gasteiger partial charge in [-0.15, -0.1) is 0 Å². The van der Waals surface area contributed by atoms with Crippen molar-refractivity contribution in [2.24, 2.45) is 5.41 Å². The van der Waals surface area contributed by atoms with Crippen LogP contribution in [0.2, 0.25) is 0 Å². The molecule has 0 aliphatic rings. The minimum atomic E-state index is -0.795. The summed E-state index contributed by atoms with van der Waals surface area (Å²) in [5.74, 6) is -0.206. The van der Waals surface area contributed by atoms with E-state index in [4.69, 9.17) is 9.52 Å². The second-order valence-corrected chi connectivity index (χ2v) is 3.84. The molecule has 0 spiro atoms. The van der Waals surface area contributed by atoms with Crippen LogP contribution in [0.3, 0.4) is 0 Å². The molecule has 0 amide bonds. The molecule has 0 aromatic carbocycles. The largest absolute Gasteiger partial charge is 0.481 e. The monoisotopic (exact) mass is 183 g/mol. The first-order chi connectivity index (χ1) is 5.99. The Morgan fingerprint density at radius 3 is 2.85 bits per heavy atom. The summed E-state index contributed by atoms with van der Waals surface area (Å²) in [6.07, 6.45) is 3.72. The predicted octanol–water partition coefficient (Wildman–Crippen LogP) is 1.72. The van der Waals surface area contributed by atoms with Crippen LogP contribution in [0.1, 0.15) is 26.2 Å². The average molecular weight is 183 g/mol. The molecule has 0 aliphatic carbocycles. The number of rotatable bonds is 4. The Morgan fingerprint density at radius 2 is 2.38 bits per heavy atom. The van der Waals surface area contributed by atoms with Gasteiger partial charge in [0.2, 0.25) is 0 Å². The Kier molecular flexibility index (Phi) is 2.70. The number of aromatic nitrogens is 1. The van der Waals surface area contributed by atoms with Crippen LogP contribution in [0.25, 0.3) is 0 Å². The number of nitrogens with zero attached hydrogens (tertiary/aromatic N) is 1. The zero-order valence-corrected chi connectivity index (χ0v) is 7.78. The van der Waals surface area contributed by atoms with Crippen molar-refractivity contribution in [3.05, 3.63) is 18.4 Å². The molecule has 1 aromatic rings. The molecular formula is C9H13NO3. The maximum Gasteiger partial charge on any atom is 0.303 e. The van der Waals surface area contributed by atoms with Gasteiger partial charge in [0, 0.05) is 6.42 Å². The van der Waals surface area contributed by atoms with Crippen LogP contribution in [-0.4, -0.2) is 16.1 Å². The Morgan fingerprint density at radius 1 is 1.69 bits per heavy atom. The summed E-state index contributed by atoms with van der Waals surface area (Å²) in [6, 6.07) is 0. The van der Waals surface area contributed by atoms with Gasteiger partial charge in [0.05, 0.1) is 12.6 Å². The Labute approximate surface area is 76.6 Å². The Bertz CT molecular complexity index is 277. The second kappa shape index (κ2) is 3.60. The fourth-order valence-corrected chi connectivity index (χ4v) is 1.22. The van der Waals surface area contributed by atoms with Crippen molar-refractivity contribution in [1.29, 1.82) is 0 Å². The Balaban J connectivity index is 2.56. The van der Waals surface area contributed by atoms with Crippen molar-refractivity contribution in [2.75, 3.05) is 0 Å². The molecule has 0 saturated carbocycles. The topological polar surface area (TPSA) is 63.3 Å². The highest BCUT2D eigenvalue weighted by Crippen LogP contribution is 2.24. The molecule has 0 atom stereocenters. The van der Waals surface area contributed by atoms with E-state index in [1.807, 2.05) is 13.8 Å². The lowest BCUT2D eigenvalue weighted by molar-refractivity contribution is -0.139. The summed E-state index contributed by atoms with van der Waals surface area (Å²) < 4.78 is 5.05. The lowest BCUT2D eigenvalue weighted by Crippen LogP contribution is -2.19. The van der Waals surface area contributed by atoms with Gasteiger partial charge in [0.25, 0.3) is 0 Å². The van der Waals surface area contributed by atoms with Gasteiger partial charge in [-0.1, -0.05) is 13.8 Å². The number of oxazole rings is 1. The molecule has 1 aromatic heterocycles. The summed E-state index contributed by atoms with van der Waals surface area (Å²) in [6.45, 7) is 3.76. The van der Waals surface area contributed by atoms with E-state index < -0.39 is 5.97 Å². The molecule has 1 heterocycles. The van der Waals surface area contributed by atoms with Gasteiger partial charge >= 0.3 is 5.97 Å². The van der Waals surface area contributed by atoms with Crippen LogP contribution in [0.15, 0.2) is 16.9 Å². The average Bonchev–Trinajstić information content (AvgIpc) is 2.34. The van der Waals surface area contributed by atoms with Crippen molar-refractivity contribution in [2.45, 2.75) is 26.7 Å². The van der Waals surface area contributed by atoms with Gasteiger partial charge in [0.15, 0.2) is 5.89 Å². The molecule has 13 heavy (non-hydrogen) atoms.